The molecule has 0 N–H and O–H groups in total. The monoisotopic (exact) mass is 233 g/mol. The van der Waals surface area contributed by atoms with Gasteiger partial charge in [-0.1, -0.05) is 0 Å². The zero-order valence-corrected chi connectivity index (χ0v) is 10.2. The Bertz CT molecular complexity index is 544. The smallest absolute Gasteiger partial charge is 0.257 e. The third-order valence-corrected chi connectivity index (χ3v) is 2.83. The number of hydrogen-bond acceptors (Lipinski definition) is 4. The van der Waals surface area contributed by atoms with Crippen LogP contribution < -0.4 is 0 Å². The number of rotatable bonds is 3. The summed E-state index contributed by atoms with van der Waals surface area (Å²) in [6.45, 7) is 7.13. The second kappa shape index (κ2) is 4.48. The topological polar surface area (TPSA) is 63.4 Å². The van der Waals surface area contributed by atoms with Crippen LogP contribution in [0.4, 0.5) is 0 Å². The van der Waals surface area contributed by atoms with Crippen molar-refractivity contribution < 1.29 is 4.79 Å². The standard InChI is InChI=1S/C11H15N5O/c1-4-15(5-2)10(17)9-6-12-11-13-7-14-16(11)8(9)3/h6-7H,4-5H2,1-3H3. The highest BCUT2D eigenvalue weighted by atomic mass is 16.2. The molecule has 0 atom stereocenters. The molecule has 17 heavy (non-hydrogen) atoms. The zero-order chi connectivity index (χ0) is 12.4. The lowest BCUT2D eigenvalue weighted by molar-refractivity contribution is 0.0771. The quantitative estimate of drug-likeness (QED) is 0.790. The molecule has 0 fully saturated rings. The normalized spacial score (nSPS) is 10.8. The van der Waals surface area contributed by atoms with Crippen LogP contribution in [0.15, 0.2) is 12.5 Å². The summed E-state index contributed by atoms with van der Waals surface area (Å²) in [6, 6.07) is 0. The molecule has 1 amide bonds. The first-order chi connectivity index (χ1) is 8.19. The van der Waals surface area contributed by atoms with Gasteiger partial charge in [0.05, 0.1) is 11.3 Å². The van der Waals surface area contributed by atoms with Gasteiger partial charge in [0, 0.05) is 19.3 Å². The Morgan fingerprint density at radius 1 is 1.35 bits per heavy atom. The molecule has 0 spiro atoms. The number of nitrogens with zero attached hydrogens (tertiary/aromatic N) is 5. The second-order valence-corrected chi connectivity index (χ2v) is 3.71. The van der Waals surface area contributed by atoms with Gasteiger partial charge < -0.3 is 4.90 Å². The Labute approximate surface area is 99.3 Å². The molecule has 0 bridgehead atoms. The van der Waals surface area contributed by atoms with Gasteiger partial charge in [-0.3, -0.25) is 4.79 Å². The van der Waals surface area contributed by atoms with Gasteiger partial charge >= 0.3 is 0 Å². The third kappa shape index (κ3) is 1.86. The maximum absolute atomic E-state index is 12.2. The molecule has 2 aromatic rings. The molecule has 0 saturated carbocycles. The van der Waals surface area contributed by atoms with Crippen molar-refractivity contribution in [1.29, 1.82) is 0 Å². The van der Waals surface area contributed by atoms with E-state index in [0.29, 0.717) is 24.4 Å². The summed E-state index contributed by atoms with van der Waals surface area (Å²) in [6.07, 6.45) is 3.00. The van der Waals surface area contributed by atoms with Crippen LogP contribution in [0.25, 0.3) is 5.78 Å². The molecule has 0 radical (unpaired) electrons. The zero-order valence-electron chi connectivity index (χ0n) is 10.2. The van der Waals surface area contributed by atoms with Gasteiger partial charge in [0.1, 0.15) is 6.33 Å². The first-order valence-electron chi connectivity index (χ1n) is 5.63. The first kappa shape index (κ1) is 11.5. The lowest BCUT2D eigenvalue weighted by Gasteiger charge is -2.19. The molecule has 0 aliphatic rings. The Morgan fingerprint density at radius 2 is 2.06 bits per heavy atom. The van der Waals surface area contributed by atoms with Crippen LogP contribution in [0.3, 0.4) is 0 Å². The van der Waals surface area contributed by atoms with Crippen molar-refractivity contribution in [1.82, 2.24) is 24.5 Å². The summed E-state index contributed by atoms with van der Waals surface area (Å²) in [5.41, 5.74) is 1.34. The van der Waals surface area contributed by atoms with E-state index in [1.54, 1.807) is 15.6 Å². The van der Waals surface area contributed by atoms with E-state index in [2.05, 4.69) is 15.1 Å². The third-order valence-electron chi connectivity index (χ3n) is 2.83. The van der Waals surface area contributed by atoms with E-state index in [0.717, 1.165) is 5.69 Å². The molecular weight excluding hydrogens is 218 g/mol. The number of carbonyl (C=O) groups excluding carboxylic acids is 1. The number of aromatic nitrogens is 4. The van der Waals surface area contributed by atoms with Gasteiger partial charge in [-0.2, -0.15) is 10.1 Å². The molecule has 2 aromatic heterocycles. The summed E-state index contributed by atoms with van der Waals surface area (Å²) in [4.78, 5) is 22.1. The van der Waals surface area contributed by atoms with Gasteiger partial charge in [-0.05, 0) is 20.8 Å². The molecule has 2 heterocycles. The highest BCUT2D eigenvalue weighted by molar-refractivity contribution is 5.95. The van der Waals surface area contributed by atoms with Gasteiger partial charge in [-0.25, -0.2) is 9.50 Å². The predicted molar refractivity (Wildman–Crippen MR) is 62.8 cm³/mol. The van der Waals surface area contributed by atoms with Crippen LogP contribution in [-0.2, 0) is 0 Å². The fraction of sp³-hybridized carbons (Fsp3) is 0.455. The minimum atomic E-state index is -0.0163. The molecule has 0 saturated heterocycles. The van der Waals surface area contributed by atoms with Crippen LogP contribution in [0.1, 0.15) is 29.9 Å². The summed E-state index contributed by atoms with van der Waals surface area (Å²) >= 11 is 0. The molecule has 0 aromatic carbocycles. The van der Waals surface area contributed by atoms with Crippen LogP contribution in [0, 0.1) is 6.92 Å². The Hall–Kier alpha value is -1.98. The van der Waals surface area contributed by atoms with Gasteiger partial charge in [-0.15, -0.1) is 0 Å². The van der Waals surface area contributed by atoms with Crippen molar-refractivity contribution in [2.45, 2.75) is 20.8 Å². The molecule has 0 aliphatic carbocycles. The largest absolute Gasteiger partial charge is 0.339 e. The summed E-state index contributed by atoms with van der Waals surface area (Å²) in [5, 5.41) is 4.04. The van der Waals surface area contributed by atoms with Crippen molar-refractivity contribution in [2.24, 2.45) is 0 Å². The Balaban J connectivity index is 2.48. The van der Waals surface area contributed by atoms with Crippen LogP contribution >= 0.6 is 0 Å². The molecule has 0 aliphatic heterocycles. The molecule has 90 valence electrons. The van der Waals surface area contributed by atoms with Crippen molar-refractivity contribution in [3.8, 4) is 0 Å². The average molecular weight is 233 g/mol. The summed E-state index contributed by atoms with van der Waals surface area (Å²) in [7, 11) is 0. The number of amides is 1. The van der Waals surface area contributed by atoms with E-state index in [9.17, 15) is 4.79 Å². The van der Waals surface area contributed by atoms with E-state index >= 15 is 0 Å². The fourth-order valence-electron chi connectivity index (χ4n) is 1.78. The van der Waals surface area contributed by atoms with Crippen molar-refractivity contribution >= 4 is 11.7 Å². The molecule has 0 unspecified atom stereocenters. The highest BCUT2D eigenvalue weighted by Crippen LogP contribution is 2.10. The predicted octanol–water partition coefficient (Wildman–Crippen LogP) is 0.915. The van der Waals surface area contributed by atoms with E-state index in [1.165, 1.54) is 6.33 Å². The Kier molecular flexibility index (Phi) is 3.03. The number of carbonyl (C=O) groups is 1. The Morgan fingerprint density at radius 3 is 2.71 bits per heavy atom. The number of fused-ring (bicyclic) bond motifs is 1. The average Bonchev–Trinajstić information content (AvgIpc) is 2.80. The van der Waals surface area contributed by atoms with Crippen molar-refractivity contribution in [3.63, 3.8) is 0 Å². The molecular formula is C11H15N5O. The number of hydrogen-bond donors (Lipinski definition) is 0. The van der Waals surface area contributed by atoms with Gasteiger partial charge in [0.25, 0.3) is 11.7 Å². The minimum Gasteiger partial charge on any atom is -0.339 e. The molecule has 6 nitrogen and oxygen atoms in total. The van der Waals surface area contributed by atoms with E-state index in [1.807, 2.05) is 20.8 Å². The highest BCUT2D eigenvalue weighted by Gasteiger charge is 2.17. The molecule has 2 rings (SSSR count). The van der Waals surface area contributed by atoms with Crippen molar-refractivity contribution in [3.05, 3.63) is 23.8 Å². The lowest BCUT2D eigenvalue weighted by Crippen LogP contribution is -2.31. The van der Waals surface area contributed by atoms with Crippen LogP contribution in [-0.4, -0.2) is 43.5 Å². The van der Waals surface area contributed by atoms with Gasteiger partial charge in [0.15, 0.2) is 0 Å². The van der Waals surface area contributed by atoms with E-state index in [4.69, 9.17) is 0 Å². The summed E-state index contributed by atoms with van der Waals surface area (Å²) in [5.74, 6) is 0.496. The lowest BCUT2D eigenvalue weighted by atomic mass is 10.2. The second-order valence-electron chi connectivity index (χ2n) is 3.71. The fourth-order valence-corrected chi connectivity index (χ4v) is 1.78. The maximum atomic E-state index is 12.2. The van der Waals surface area contributed by atoms with Crippen LogP contribution in [0.5, 0.6) is 0 Å². The first-order valence-corrected chi connectivity index (χ1v) is 5.63. The van der Waals surface area contributed by atoms with Crippen LogP contribution in [0.2, 0.25) is 0 Å². The van der Waals surface area contributed by atoms with E-state index in [-0.39, 0.29) is 5.91 Å². The van der Waals surface area contributed by atoms with Gasteiger partial charge in [0.2, 0.25) is 0 Å². The van der Waals surface area contributed by atoms with E-state index < -0.39 is 0 Å². The SMILES string of the molecule is CCN(CC)C(=O)c1cnc2ncnn2c1C. The number of aryl methyl sites for hydroxylation is 1. The maximum Gasteiger partial charge on any atom is 0.257 e. The van der Waals surface area contributed by atoms with Crippen molar-refractivity contribution in [2.75, 3.05) is 13.1 Å². The minimum absolute atomic E-state index is 0.0163. The summed E-state index contributed by atoms with van der Waals surface area (Å²) < 4.78 is 1.58. The molecule has 6 heteroatoms.